The summed E-state index contributed by atoms with van der Waals surface area (Å²) in [5.74, 6) is -1.17. The first kappa shape index (κ1) is 12.6. The minimum Gasteiger partial charge on any atom is -0.398 e. The molecule has 0 heterocycles. The first-order valence-corrected chi connectivity index (χ1v) is 5.59. The molecule has 2 rings (SSSR count). The summed E-state index contributed by atoms with van der Waals surface area (Å²) in [4.78, 5) is 22.7. The average molecular weight is 255 g/mol. The molecule has 0 bridgehead atoms. The molecule has 0 aliphatic rings. The van der Waals surface area contributed by atoms with E-state index in [4.69, 9.17) is 17.2 Å². The van der Waals surface area contributed by atoms with Crippen LogP contribution < -0.4 is 17.2 Å². The van der Waals surface area contributed by atoms with Crippen molar-refractivity contribution in [2.75, 3.05) is 5.73 Å². The molecule has 2 amide bonds. The van der Waals surface area contributed by atoms with Crippen LogP contribution in [0.15, 0.2) is 42.5 Å². The standard InChI is InChI=1S/C14H13N3O2/c15-12-4-2-1-3-9(12)11-7-8(13(16)18)5-6-10(11)14(17)19/h1-7H,15H2,(H2,16,18)(H2,17,19). The van der Waals surface area contributed by atoms with Crippen molar-refractivity contribution in [2.45, 2.75) is 0 Å². The number of hydrogen-bond donors (Lipinski definition) is 3. The van der Waals surface area contributed by atoms with Gasteiger partial charge in [0.05, 0.1) is 0 Å². The number of carbonyl (C=O) groups excluding carboxylic acids is 2. The molecular formula is C14H13N3O2. The van der Waals surface area contributed by atoms with E-state index in [0.717, 1.165) is 0 Å². The van der Waals surface area contributed by atoms with Crippen molar-refractivity contribution in [3.05, 3.63) is 53.6 Å². The van der Waals surface area contributed by atoms with Crippen LogP contribution in [0.1, 0.15) is 20.7 Å². The molecule has 0 saturated carbocycles. The first-order chi connectivity index (χ1) is 9.00. The highest BCUT2D eigenvalue weighted by Gasteiger charge is 2.14. The average Bonchev–Trinajstić information content (AvgIpc) is 2.38. The third kappa shape index (κ3) is 2.40. The molecule has 0 aromatic heterocycles. The van der Waals surface area contributed by atoms with Gasteiger partial charge in [-0.25, -0.2) is 0 Å². The molecule has 0 spiro atoms. The molecule has 2 aromatic carbocycles. The van der Waals surface area contributed by atoms with Crippen LogP contribution >= 0.6 is 0 Å². The van der Waals surface area contributed by atoms with Crippen molar-refractivity contribution in [3.8, 4) is 11.1 Å². The summed E-state index contributed by atoms with van der Waals surface area (Å²) in [5.41, 5.74) is 18.7. The van der Waals surface area contributed by atoms with Crippen LogP contribution in [0.4, 0.5) is 5.69 Å². The fraction of sp³-hybridized carbons (Fsp3) is 0. The van der Waals surface area contributed by atoms with Crippen LogP contribution in [0, 0.1) is 0 Å². The van der Waals surface area contributed by atoms with E-state index in [2.05, 4.69) is 0 Å². The molecule has 0 aliphatic carbocycles. The topological polar surface area (TPSA) is 112 Å². The Kier molecular flexibility index (Phi) is 3.20. The molecule has 0 saturated heterocycles. The van der Waals surface area contributed by atoms with Crippen molar-refractivity contribution >= 4 is 17.5 Å². The van der Waals surface area contributed by atoms with Gasteiger partial charge in [-0.05, 0) is 29.8 Å². The number of primary amides is 2. The fourth-order valence-corrected chi connectivity index (χ4v) is 1.88. The lowest BCUT2D eigenvalue weighted by Crippen LogP contribution is -2.15. The Morgan fingerprint density at radius 2 is 1.53 bits per heavy atom. The number of hydrogen-bond acceptors (Lipinski definition) is 3. The fourth-order valence-electron chi connectivity index (χ4n) is 1.88. The molecule has 5 nitrogen and oxygen atoms in total. The van der Waals surface area contributed by atoms with Gasteiger partial charge >= 0.3 is 0 Å². The molecule has 0 aliphatic heterocycles. The Morgan fingerprint density at radius 1 is 0.842 bits per heavy atom. The van der Waals surface area contributed by atoms with Crippen molar-refractivity contribution in [1.82, 2.24) is 0 Å². The number of benzene rings is 2. The van der Waals surface area contributed by atoms with E-state index < -0.39 is 11.8 Å². The van der Waals surface area contributed by atoms with Crippen LogP contribution in [-0.2, 0) is 0 Å². The van der Waals surface area contributed by atoms with Crippen molar-refractivity contribution in [2.24, 2.45) is 11.5 Å². The van der Waals surface area contributed by atoms with Gasteiger partial charge in [0.15, 0.2) is 0 Å². The zero-order valence-corrected chi connectivity index (χ0v) is 10.1. The van der Waals surface area contributed by atoms with Crippen LogP contribution in [0.3, 0.4) is 0 Å². The summed E-state index contributed by atoms with van der Waals surface area (Å²) in [5, 5.41) is 0. The smallest absolute Gasteiger partial charge is 0.249 e. The number of nitrogen functional groups attached to an aromatic ring is 1. The van der Waals surface area contributed by atoms with E-state index in [-0.39, 0.29) is 0 Å². The Labute approximate surface area is 110 Å². The van der Waals surface area contributed by atoms with E-state index in [1.54, 1.807) is 24.3 Å². The maximum atomic E-state index is 11.5. The van der Waals surface area contributed by atoms with E-state index in [9.17, 15) is 9.59 Å². The SMILES string of the molecule is NC(=O)c1ccc(C(N)=O)c(-c2ccccc2N)c1. The molecule has 96 valence electrons. The Morgan fingerprint density at radius 3 is 2.11 bits per heavy atom. The van der Waals surface area contributed by atoms with E-state index in [1.165, 1.54) is 18.2 Å². The van der Waals surface area contributed by atoms with Gasteiger partial charge < -0.3 is 17.2 Å². The summed E-state index contributed by atoms with van der Waals surface area (Å²) < 4.78 is 0. The van der Waals surface area contributed by atoms with E-state index in [1.807, 2.05) is 0 Å². The number of anilines is 1. The number of rotatable bonds is 3. The lowest BCUT2D eigenvalue weighted by molar-refractivity contribution is 0.0989. The number of amides is 2. The van der Waals surface area contributed by atoms with Crippen molar-refractivity contribution in [1.29, 1.82) is 0 Å². The minimum atomic E-state index is -0.589. The Hall–Kier alpha value is -2.82. The highest BCUT2D eigenvalue weighted by molar-refractivity contribution is 6.04. The molecule has 0 fully saturated rings. The third-order valence-electron chi connectivity index (χ3n) is 2.82. The quantitative estimate of drug-likeness (QED) is 0.714. The summed E-state index contributed by atoms with van der Waals surface area (Å²) in [6, 6.07) is 11.5. The number of nitrogens with two attached hydrogens (primary N) is 3. The number of carbonyl (C=O) groups is 2. The largest absolute Gasteiger partial charge is 0.398 e. The lowest BCUT2D eigenvalue weighted by atomic mass is 9.95. The molecule has 19 heavy (non-hydrogen) atoms. The van der Waals surface area contributed by atoms with Gasteiger partial charge in [-0.2, -0.15) is 0 Å². The summed E-state index contributed by atoms with van der Waals surface area (Å²) in [6.45, 7) is 0. The van der Waals surface area contributed by atoms with Gasteiger partial charge in [-0.15, -0.1) is 0 Å². The minimum absolute atomic E-state index is 0.294. The van der Waals surface area contributed by atoms with Gasteiger partial charge in [-0.1, -0.05) is 18.2 Å². The molecule has 2 aromatic rings. The second-order valence-corrected chi connectivity index (χ2v) is 4.08. The van der Waals surface area contributed by atoms with Gasteiger partial charge in [0.2, 0.25) is 11.8 Å². The Balaban J connectivity index is 2.72. The lowest BCUT2D eigenvalue weighted by Gasteiger charge is -2.10. The molecular weight excluding hydrogens is 242 g/mol. The van der Waals surface area contributed by atoms with Gasteiger partial charge in [-0.3, -0.25) is 9.59 Å². The highest BCUT2D eigenvalue weighted by Crippen LogP contribution is 2.29. The van der Waals surface area contributed by atoms with Crippen molar-refractivity contribution < 1.29 is 9.59 Å². The normalized spacial score (nSPS) is 10.1. The monoisotopic (exact) mass is 255 g/mol. The zero-order chi connectivity index (χ0) is 14.0. The van der Waals surface area contributed by atoms with Gasteiger partial charge in [0.25, 0.3) is 0 Å². The zero-order valence-electron chi connectivity index (χ0n) is 10.1. The number of para-hydroxylation sites is 1. The van der Waals surface area contributed by atoms with E-state index in [0.29, 0.717) is 27.9 Å². The summed E-state index contributed by atoms with van der Waals surface area (Å²) in [7, 11) is 0. The van der Waals surface area contributed by atoms with Gasteiger partial charge in [0, 0.05) is 22.4 Å². The van der Waals surface area contributed by atoms with Crippen LogP contribution in [0.25, 0.3) is 11.1 Å². The van der Waals surface area contributed by atoms with Crippen molar-refractivity contribution in [3.63, 3.8) is 0 Å². The second kappa shape index (κ2) is 4.81. The summed E-state index contributed by atoms with van der Waals surface area (Å²) >= 11 is 0. The molecule has 0 atom stereocenters. The molecule has 0 radical (unpaired) electrons. The summed E-state index contributed by atoms with van der Waals surface area (Å²) in [6.07, 6.45) is 0. The highest BCUT2D eigenvalue weighted by atomic mass is 16.1. The maximum absolute atomic E-state index is 11.5. The van der Waals surface area contributed by atoms with Gasteiger partial charge in [0.1, 0.15) is 0 Å². The van der Waals surface area contributed by atoms with E-state index >= 15 is 0 Å². The molecule has 5 heteroatoms. The predicted molar refractivity (Wildman–Crippen MR) is 73.3 cm³/mol. The van der Waals surface area contributed by atoms with Crippen LogP contribution in [0.2, 0.25) is 0 Å². The predicted octanol–water partition coefficient (Wildman–Crippen LogP) is 1.13. The molecule has 6 N–H and O–H groups in total. The second-order valence-electron chi connectivity index (χ2n) is 4.08. The Bertz CT molecular complexity index is 665. The third-order valence-corrected chi connectivity index (χ3v) is 2.82. The first-order valence-electron chi connectivity index (χ1n) is 5.59. The maximum Gasteiger partial charge on any atom is 0.249 e. The van der Waals surface area contributed by atoms with Crippen LogP contribution in [0.5, 0.6) is 0 Å². The van der Waals surface area contributed by atoms with Crippen LogP contribution in [-0.4, -0.2) is 11.8 Å². The molecule has 0 unspecified atom stereocenters.